The number of rotatable bonds is 7. The first-order chi connectivity index (χ1) is 14.8. The molecule has 0 aliphatic carbocycles. The summed E-state index contributed by atoms with van der Waals surface area (Å²) < 4.78 is 26.3. The van der Waals surface area contributed by atoms with Gasteiger partial charge in [-0.15, -0.1) is 11.3 Å². The maximum Gasteiger partial charge on any atom is 0.309 e. The molecule has 10 heteroatoms. The third-order valence-electron chi connectivity index (χ3n) is 4.43. The zero-order valence-electron chi connectivity index (χ0n) is 16.0. The molecule has 0 saturated carbocycles. The highest BCUT2D eigenvalue weighted by atomic mass is 35.5. The van der Waals surface area contributed by atoms with Crippen molar-refractivity contribution in [2.24, 2.45) is 0 Å². The fourth-order valence-corrected chi connectivity index (χ4v) is 5.90. The number of carbonyl (C=O) groups excluding carboxylic acids is 2. The highest BCUT2D eigenvalue weighted by Crippen LogP contribution is 2.31. The second-order valence-corrected chi connectivity index (χ2v) is 10.4. The molecule has 1 aromatic heterocycles. The largest absolute Gasteiger partial charge is 0.346 e. The van der Waals surface area contributed by atoms with E-state index >= 15 is 0 Å². The van der Waals surface area contributed by atoms with Crippen molar-refractivity contribution in [1.82, 2.24) is 10.6 Å². The Hall–Kier alpha value is -2.39. The molecule has 6 nitrogen and oxygen atoms in total. The molecule has 31 heavy (non-hydrogen) atoms. The quantitative estimate of drug-likeness (QED) is 0.483. The summed E-state index contributed by atoms with van der Waals surface area (Å²) >= 11 is 13.2. The van der Waals surface area contributed by atoms with Gasteiger partial charge in [-0.2, -0.15) is 0 Å². The van der Waals surface area contributed by atoms with Gasteiger partial charge in [0, 0.05) is 28.0 Å². The van der Waals surface area contributed by atoms with Crippen LogP contribution < -0.4 is 10.6 Å². The van der Waals surface area contributed by atoms with Crippen LogP contribution in [0.5, 0.6) is 0 Å². The number of nitrogens with one attached hydrogen (secondary N) is 2. The number of carbonyl (C=O) groups is 2. The molecule has 2 aromatic carbocycles. The van der Waals surface area contributed by atoms with Crippen molar-refractivity contribution in [1.29, 1.82) is 0 Å². The van der Waals surface area contributed by atoms with Gasteiger partial charge in [0.1, 0.15) is 5.25 Å². The molecule has 0 aliphatic rings. The Morgan fingerprint density at radius 3 is 2.23 bits per heavy atom. The number of benzene rings is 2. The molecule has 162 valence electrons. The van der Waals surface area contributed by atoms with Gasteiger partial charge in [0.2, 0.25) is 0 Å². The van der Waals surface area contributed by atoms with Gasteiger partial charge < -0.3 is 10.6 Å². The lowest BCUT2D eigenvalue weighted by Gasteiger charge is -2.17. The standard InChI is InChI=1S/C21H18Cl2N2O4S2/c22-15-7-9-16(10-8-15)31(28,29)19(18-6-3-11-30-18)13-25-21(27)20(26)24-12-14-4-1-2-5-17(14)23/h1-11,19H,12-13H2,(H,24,26)(H,25,27)/t19-/m1/s1. The Labute approximate surface area is 194 Å². The minimum atomic E-state index is -3.84. The third-order valence-corrected chi connectivity index (χ3v) is 8.28. The molecule has 0 aliphatic heterocycles. The molecule has 0 unspecified atom stereocenters. The average molecular weight is 497 g/mol. The van der Waals surface area contributed by atoms with Gasteiger partial charge in [-0.3, -0.25) is 9.59 Å². The molecule has 0 spiro atoms. The summed E-state index contributed by atoms with van der Waals surface area (Å²) in [4.78, 5) is 25.0. The van der Waals surface area contributed by atoms with Crippen LogP contribution in [-0.4, -0.2) is 26.8 Å². The van der Waals surface area contributed by atoms with Crippen LogP contribution in [0.4, 0.5) is 0 Å². The van der Waals surface area contributed by atoms with Crippen molar-refractivity contribution in [3.63, 3.8) is 0 Å². The molecule has 2 N–H and O–H groups in total. The zero-order chi connectivity index (χ0) is 22.4. The highest BCUT2D eigenvalue weighted by Gasteiger charge is 2.31. The fraction of sp³-hybridized carbons (Fsp3) is 0.143. The molecule has 0 saturated heterocycles. The molecule has 2 amide bonds. The van der Waals surface area contributed by atoms with Crippen LogP contribution in [-0.2, 0) is 26.0 Å². The van der Waals surface area contributed by atoms with E-state index in [1.54, 1.807) is 41.8 Å². The number of thiophene rings is 1. The SMILES string of the molecule is O=C(NCc1ccccc1Cl)C(=O)NC[C@H](c1cccs1)S(=O)(=O)c1ccc(Cl)cc1. The minimum Gasteiger partial charge on any atom is -0.346 e. The van der Waals surface area contributed by atoms with Gasteiger partial charge in [0.15, 0.2) is 9.84 Å². The lowest BCUT2D eigenvalue weighted by Crippen LogP contribution is -2.42. The van der Waals surface area contributed by atoms with E-state index in [4.69, 9.17) is 23.2 Å². The van der Waals surface area contributed by atoms with Gasteiger partial charge in [-0.1, -0.05) is 47.5 Å². The summed E-state index contributed by atoms with van der Waals surface area (Å²) in [6, 6.07) is 16.1. The molecule has 3 aromatic rings. The van der Waals surface area contributed by atoms with E-state index in [9.17, 15) is 18.0 Å². The summed E-state index contributed by atoms with van der Waals surface area (Å²) in [5.41, 5.74) is 0.659. The summed E-state index contributed by atoms with van der Waals surface area (Å²) in [5, 5.41) is 6.48. The van der Waals surface area contributed by atoms with Crippen LogP contribution in [0.2, 0.25) is 10.0 Å². The Morgan fingerprint density at radius 2 is 1.58 bits per heavy atom. The Morgan fingerprint density at radius 1 is 0.903 bits per heavy atom. The van der Waals surface area contributed by atoms with Crippen LogP contribution in [0.25, 0.3) is 0 Å². The van der Waals surface area contributed by atoms with Gasteiger partial charge in [0.05, 0.1) is 4.90 Å². The van der Waals surface area contributed by atoms with E-state index in [0.29, 0.717) is 20.5 Å². The predicted octanol–water partition coefficient (Wildman–Crippen LogP) is 4.00. The second kappa shape index (κ2) is 10.3. The Kier molecular flexibility index (Phi) is 7.72. The van der Waals surface area contributed by atoms with E-state index < -0.39 is 26.9 Å². The van der Waals surface area contributed by atoms with Crippen LogP contribution in [0.1, 0.15) is 15.7 Å². The number of halogens is 2. The monoisotopic (exact) mass is 496 g/mol. The van der Waals surface area contributed by atoms with Crippen LogP contribution in [0.3, 0.4) is 0 Å². The molecule has 3 rings (SSSR count). The first-order valence-electron chi connectivity index (χ1n) is 9.11. The first-order valence-corrected chi connectivity index (χ1v) is 12.3. The van der Waals surface area contributed by atoms with E-state index in [-0.39, 0.29) is 18.0 Å². The topological polar surface area (TPSA) is 92.3 Å². The lowest BCUT2D eigenvalue weighted by atomic mass is 10.2. The molecule has 1 atom stereocenters. The van der Waals surface area contributed by atoms with Crippen molar-refractivity contribution in [2.75, 3.05) is 6.54 Å². The molecule has 0 bridgehead atoms. The van der Waals surface area contributed by atoms with E-state index in [2.05, 4.69) is 10.6 Å². The maximum atomic E-state index is 13.2. The lowest BCUT2D eigenvalue weighted by molar-refractivity contribution is -0.139. The highest BCUT2D eigenvalue weighted by molar-refractivity contribution is 7.91. The van der Waals surface area contributed by atoms with Crippen molar-refractivity contribution in [3.05, 3.63) is 86.5 Å². The summed E-state index contributed by atoms with van der Waals surface area (Å²) in [6.45, 7) is -0.187. The third kappa shape index (κ3) is 5.86. The number of hydrogen-bond acceptors (Lipinski definition) is 5. The normalized spacial score (nSPS) is 12.2. The van der Waals surface area contributed by atoms with E-state index in [1.807, 2.05) is 0 Å². The predicted molar refractivity (Wildman–Crippen MR) is 122 cm³/mol. The Balaban J connectivity index is 1.69. The molecule has 0 fully saturated rings. The van der Waals surface area contributed by atoms with E-state index in [1.165, 1.54) is 35.6 Å². The van der Waals surface area contributed by atoms with Crippen LogP contribution in [0, 0.1) is 0 Å². The van der Waals surface area contributed by atoms with Crippen molar-refractivity contribution in [2.45, 2.75) is 16.7 Å². The Bertz CT molecular complexity index is 1160. The van der Waals surface area contributed by atoms with Crippen LogP contribution in [0.15, 0.2) is 70.9 Å². The first kappa shape index (κ1) is 23.3. The molecule has 1 heterocycles. The van der Waals surface area contributed by atoms with Gasteiger partial charge >= 0.3 is 11.8 Å². The van der Waals surface area contributed by atoms with E-state index in [0.717, 1.165) is 0 Å². The van der Waals surface area contributed by atoms with Crippen molar-refractivity contribution < 1.29 is 18.0 Å². The smallest absolute Gasteiger partial charge is 0.309 e. The number of sulfone groups is 1. The van der Waals surface area contributed by atoms with Gasteiger partial charge in [0.25, 0.3) is 0 Å². The summed E-state index contributed by atoms with van der Waals surface area (Å²) in [5.74, 6) is -1.81. The van der Waals surface area contributed by atoms with Crippen LogP contribution >= 0.6 is 34.5 Å². The maximum absolute atomic E-state index is 13.2. The summed E-state index contributed by atoms with van der Waals surface area (Å²) in [7, 11) is -3.84. The zero-order valence-corrected chi connectivity index (χ0v) is 19.2. The van der Waals surface area contributed by atoms with Gasteiger partial charge in [-0.05, 0) is 47.3 Å². The average Bonchev–Trinajstić information content (AvgIpc) is 3.27. The summed E-state index contributed by atoms with van der Waals surface area (Å²) in [6.07, 6.45) is 0. The number of amides is 2. The van der Waals surface area contributed by atoms with Gasteiger partial charge in [-0.25, -0.2) is 8.42 Å². The molecular formula is C21H18Cl2N2O4S2. The fourth-order valence-electron chi connectivity index (χ4n) is 2.79. The number of hydrogen-bond donors (Lipinski definition) is 2. The second-order valence-electron chi connectivity index (χ2n) is 6.49. The van der Waals surface area contributed by atoms with Crippen molar-refractivity contribution in [3.8, 4) is 0 Å². The minimum absolute atomic E-state index is 0.0728. The molecule has 0 radical (unpaired) electrons. The van der Waals surface area contributed by atoms with Crippen molar-refractivity contribution >= 4 is 56.2 Å². The molecular weight excluding hydrogens is 479 g/mol.